The number of aromatic nitrogens is 2. The number of sulfonamides is 1. The van der Waals surface area contributed by atoms with Crippen molar-refractivity contribution in [1.82, 2.24) is 14.7 Å². The average Bonchev–Trinajstić information content (AvgIpc) is 2.88. The van der Waals surface area contributed by atoms with Crippen LogP contribution in [0.15, 0.2) is 12.4 Å². The lowest BCUT2D eigenvalue weighted by molar-refractivity contribution is 0.0593. The van der Waals surface area contributed by atoms with Crippen molar-refractivity contribution >= 4 is 21.8 Å². The fourth-order valence-electron chi connectivity index (χ4n) is 2.80. The SMILES string of the molecule is COC(=O)c1cncc(N2C[C@@H](NS(C)(=O)=O)[C@H](C(C)C)C2)n1. The molecule has 2 heterocycles. The summed E-state index contributed by atoms with van der Waals surface area (Å²) < 4.78 is 30.5. The number of nitrogens with one attached hydrogen (secondary N) is 1. The van der Waals surface area contributed by atoms with Gasteiger partial charge in [0.05, 0.1) is 25.8 Å². The highest BCUT2D eigenvalue weighted by molar-refractivity contribution is 7.88. The Hall–Kier alpha value is -1.74. The molecule has 1 N–H and O–H groups in total. The van der Waals surface area contributed by atoms with Crippen molar-refractivity contribution in [2.75, 3.05) is 31.4 Å². The highest BCUT2D eigenvalue weighted by atomic mass is 32.2. The average molecular weight is 342 g/mol. The molecule has 1 saturated heterocycles. The molecule has 9 heteroatoms. The van der Waals surface area contributed by atoms with Crippen LogP contribution in [-0.2, 0) is 14.8 Å². The number of carbonyl (C=O) groups excluding carboxylic acids is 1. The number of esters is 1. The topological polar surface area (TPSA) is 101 Å². The normalized spacial score (nSPS) is 21.7. The van der Waals surface area contributed by atoms with E-state index in [0.717, 1.165) is 6.26 Å². The first-order chi connectivity index (χ1) is 10.7. The molecule has 1 fully saturated rings. The molecule has 0 bridgehead atoms. The molecule has 1 aliphatic heterocycles. The number of ether oxygens (including phenoxy) is 1. The Morgan fingerprint density at radius 3 is 2.65 bits per heavy atom. The number of carbonyl (C=O) groups is 1. The van der Waals surface area contributed by atoms with Gasteiger partial charge in [0.15, 0.2) is 5.69 Å². The quantitative estimate of drug-likeness (QED) is 0.767. The molecule has 0 radical (unpaired) electrons. The number of methoxy groups -OCH3 is 1. The van der Waals surface area contributed by atoms with Crippen molar-refractivity contribution in [2.24, 2.45) is 11.8 Å². The maximum Gasteiger partial charge on any atom is 0.358 e. The van der Waals surface area contributed by atoms with Crippen LogP contribution in [0.5, 0.6) is 0 Å². The Balaban J connectivity index is 2.23. The zero-order chi connectivity index (χ0) is 17.2. The number of hydrogen-bond donors (Lipinski definition) is 1. The molecule has 0 unspecified atom stereocenters. The summed E-state index contributed by atoms with van der Waals surface area (Å²) in [5, 5.41) is 0. The maximum atomic E-state index is 11.6. The van der Waals surface area contributed by atoms with E-state index in [0.29, 0.717) is 24.8 Å². The lowest BCUT2D eigenvalue weighted by Crippen LogP contribution is -2.41. The minimum absolute atomic E-state index is 0.130. The van der Waals surface area contributed by atoms with Crippen LogP contribution in [0.4, 0.5) is 5.82 Å². The highest BCUT2D eigenvalue weighted by Crippen LogP contribution is 2.28. The van der Waals surface area contributed by atoms with E-state index >= 15 is 0 Å². The molecule has 1 aliphatic rings. The molecule has 1 aromatic rings. The van der Waals surface area contributed by atoms with Crippen molar-refractivity contribution in [2.45, 2.75) is 19.9 Å². The first kappa shape index (κ1) is 17.6. The van der Waals surface area contributed by atoms with E-state index in [1.165, 1.54) is 13.3 Å². The number of hydrogen-bond acceptors (Lipinski definition) is 7. The van der Waals surface area contributed by atoms with Gasteiger partial charge in [0.25, 0.3) is 0 Å². The number of rotatable bonds is 5. The minimum atomic E-state index is -3.29. The molecule has 0 aromatic carbocycles. The van der Waals surface area contributed by atoms with Gasteiger partial charge in [-0.1, -0.05) is 13.8 Å². The van der Waals surface area contributed by atoms with Crippen molar-refractivity contribution in [1.29, 1.82) is 0 Å². The van der Waals surface area contributed by atoms with Crippen LogP contribution < -0.4 is 9.62 Å². The van der Waals surface area contributed by atoms with E-state index in [1.807, 2.05) is 4.90 Å². The Labute approximate surface area is 136 Å². The van der Waals surface area contributed by atoms with E-state index in [1.54, 1.807) is 6.20 Å². The molecule has 0 spiro atoms. The second-order valence-corrected chi connectivity index (χ2v) is 7.84. The predicted molar refractivity (Wildman–Crippen MR) is 85.7 cm³/mol. The van der Waals surface area contributed by atoms with Crippen LogP contribution in [0.25, 0.3) is 0 Å². The number of nitrogens with zero attached hydrogens (tertiary/aromatic N) is 3. The van der Waals surface area contributed by atoms with E-state index in [2.05, 4.69) is 33.3 Å². The third-order valence-corrected chi connectivity index (χ3v) is 4.66. The van der Waals surface area contributed by atoms with Crippen LogP contribution >= 0.6 is 0 Å². The molecule has 23 heavy (non-hydrogen) atoms. The molecule has 128 valence electrons. The lowest BCUT2D eigenvalue weighted by atomic mass is 9.92. The van der Waals surface area contributed by atoms with E-state index < -0.39 is 16.0 Å². The molecule has 0 amide bonds. The summed E-state index contributed by atoms with van der Waals surface area (Å²) in [7, 11) is -2.01. The Kier molecular flexibility index (Phi) is 5.20. The summed E-state index contributed by atoms with van der Waals surface area (Å²) in [6, 6.07) is -0.200. The lowest BCUT2D eigenvalue weighted by Gasteiger charge is -2.21. The molecule has 8 nitrogen and oxygen atoms in total. The smallest absolute Gasteiger partial charge is 0.358 e. The van der Waals surface area contributed by atoms with Gasteiger partial charge in [-0.15, -0.1) is 0 Å². The van der Waals surface area contributed by atoms with Gasteiger partial charge in [-0.2, -0.15) is 0 Å². The van der Waals surface area contributed by atoms with Gasteiger partial charge in [-0.05, 0) is 11.8 Å². The summed E-state index contributed by atoms with van der Waals surface area (Å²) in [4.78, 5) is 21.8. The second-order valence-electron chi connectivity index (χ2n) is 6.06. The molecular weight excluding hydrogens is 320 g/mol. The van der Waals surface area contributed by atoms with Crippen LogP contribution in [-0.4, -0.2) is 56.9 Å². The second kappa shape index (κ2) is 6.79. The zero-order valence-corrected chi connectivity index (χ0v) is 14.5. The van der Waals surface area contributed by atoms with Gasteiger partial charge in [0.1, 0.15) is 5.82 Å². The molecule has 0 saturated carbocycles. The molecule has 1 aromatic heterocycles. The molecular formula is C14H22N4O4S. The van der Waals surface area contributed by atoms with Gasteiger partial charge in [-0.25, -0.2) is 22.9 Å². The van der Waals surface area contributed by atoms with Gasteiger partial charge in [0, 0.05) is 19.1 Å². The van der Waals surface area contributed by atoms with Crippen LogP contribution in [0.3, 0.4) is 0 Å². The summed E-state index contributed by atoms with van der Waals surface area (Å²) >= 11 is 0. The first-order valence-electron chi connectivity index (χ1n) is 7.34. The summed E-state index contributed by atoms with van der Waals surface area (Å²) in [6.07, 6.45) is 4.06. The fraction of sp³-hybridized carbons (Fsp3) is 0.643. The van der Waals surface area contributed by atoms with Crippen LogP contribution in [0.1, 0.15) is 24.3 Å². The van der Waals surface area contributed by atoms with E-state index in [4.69, 9.17) is 0 Å². The molecule has 2 atom stereocenters. The van der Waals surface area contributed by atoms with Gasteiger partial charge in [0.2, 0.25) is 10.0 Å². The van der Waals surface area contributed by atoms with Crippen molar-refractivity contribution in [3.05, 3.63) is 18.1 Å². The predicted octanol–water partition coefficient (Wildman–Crippen LogP) is 0.273. The Morgan fingerprint density at radius 2 is 2.09 bits per heavy atom. The highest BCUT2D eigenvalue weighted by Gasteiger charge is 2.37. The number of anilines is 1. The maximum absolute atomic E-state index is 11.6. The fourth-order valence-corrected chi connectivity index (χ4v) is 3.60. The van der Waals surface area contributed by atoms with Crippen molar-refractivity contribution in [3.8, 4) is 0 Å². The Morgan fingerprint density at radius 1 is 1.39 bits per heavy atom. The third kappa shape index (κ3) is 4.38. The molecule has 0 aliphatic carbocycles. The van der Waals surface area contributed by atoms with Crippen molar-refractivity contribution in [3.63, 3.8) is 0 Å². The summed E-state index contributed by atoms with van der Waals surface area (Å²) in [6.45, 7) is 5.24. The van der Waals surface area contributed by atoms with E-state index in [9.17, 15) is 13.2 Å². The van der Waals surface area contributed by atoms with E-state index in [-0.39, 0.29) is 17.7 Å². The van der Waals surface area contributed by atoms with Crippen LogP contribution in [0, 0.1) is 11.8 Å². The summed E-state index contributed by atoms with van der Waals surface area (Å²) in [5.41, 5.74) is 0.130. The van der Waals surface area contributed by atoms with Gasteiger partial charge in [-0.3, -0.25) is 4.98 Å². The first-order valence-corrected chi connectivity index (χ1v) is 9.23. The standard InChI is InChI=1S/C14H22N4O4S/c1-9(2)10-7-18(8-12(10)17-23(4,20)21)13-6-15-5-11(16-13)14(19)22-3/h5-6,9-10,12,17H,7-8H2,1-4H3/t10-,12+/m0/s1. The Bertz CT molecular complexity index is 677. The minimum Gasteiger partial charge on any atom is -0.464 e. The van der Waals surface area contributed by atoms with Crippen molar-refractivity contribution < 1.29 is 17.9 Å². The largest absolute Gasteiger partial charge is 0.464 e. The van der Waals surface area contributed by atoms with Crippen LogP contribution in [0.2, 0.25) is 0 Å². The van der Waals surface area contributed by atoms with Gasteiger partial charge >= 0.3 is 5.97 Å². The monoisotopic (exact) mass is 342 g/mol. The third-order valence-electron chi connectivity index (χ3n) is 3.93. The zero-order valence-electron chi connectivity index (χ0n) is 13.7. The van der Waals surface area contributed by atoms with Gasteiger partial charge < -0.3 is 9.64 Å². The summed E-state index contributed by atoms with van der Waals surface area (Å²) in [5.74, 6) is 0.436. The molecule has 2 rings (SSSR count).